The van der Waals surface area contributed by atoms with Crippen molar-refractivity contribution in [3.05, 3.63) is 0 Å². The molecule has 0 saturated carbocycles. The summed E-state index contributed by atoms with van der Waals surface area (Å²) < 4.78 is 19.1. The highest BCUT2D eigenvalue weighted by Gasteiger charge is 2.09. The maximum atomic E-state index is 10.5. The molecule has 64 valence electrons. The molecule has 0 radical (unpaired) electrons. The normalized spacial score (nSPS) is 15.4. The Morgan fingerprint density at radius 2 is 2.27 bits per heavy atom. The van der Waals surface area contributed by atoms with Crippen LogP contribution in [0.2, 0.25) is 0 Å². The SMILES string of the molecule is C#CC(CCCCC)S(=O)O. The zero-order valence-electron chi connectivity index (χ0n) is 6.75. The minimum absolute atomic E-state index is 0.471. The molecule has 3 heteroatoms. The van der Waals surface area contributed by atoms with Gasteiger partial charge in [0, 0.05) is 0 Å². The van der Waals surface area contributed by atoms with E-state index < -0.39 is 16.3 Å². The van der Waals surface area contributed by atoms with E-state index in [-0.39, 0.29) is 0 Å². The van der Waals surface area contributed by atoms with Crippen molar-refractivity contribution in [2.45, 2.75) is 37.9 Å². The molecule has 2 unspecified atom stereocenters. The molecule has 0 amide bonds. The molecule has 0 fully saturated rings. The number of rotatable bonds is 5. The summed E-state index contributed by atoms with van der Waals surface area (Å²) in [5.74, 6) is 2.31. The van der Waals surface area contributed by atoms with E-state index in [9.17, 15) is 4.21 Å². The lowest BCUT2D eigenvalue weighted by Gasteiger charge is -2.03. The van der Waals surface area contributed by atoms with Gasteiger partial charge in [-0.3, -0.25) is 0 Å². The van der Waals surface area contributed by atoms with Gasteiger partial charge in [0.05, 0.1) is 0 Å². The predicted octanol–water partition coefficient (Wildman–Crippen LogP) is 1.79. The van der Waals surface area contributed by atoms with Crippen molar-refractivity contribution in [2.75, 3.05) is 0 Å². The standard InChI is InChI=1S/C8H14O2S/c1-3-5-6-7-8(4-2)11(9)10/h2,8H,3,5-7H2,1H3,(H,9,10). The van der Waals surface area contributed by atoms with Crippen molar-refractivity contribution >= 4 is 11.1 Å². The van der Waals surface area contributed by atoms with Gasteiger partial charge in [-0.15, -0.1) is 6.42 Å². The second kappa shape index (κ2) is 6.38. The summed E-state index contributed by atoms with van der Waals surface area (Å²) in [7, 11) is 0. The molecule has 1 N–H and O–H groups in total. The number of terminal acetylenes is 1. The zero-order valence-corrected chi connectivity index (χ0v) is 7.56. The summed E-state index contributed by atoms with van der Waals surface area (Å²) in [6.45, 7) is 2.08. The quantitative estimate of drug-likeness (QED) is 0.392. The highest BCUT2D eigenvalue weighted by atomic mass is 32.2. The van der Waals surface area contributed by atoms with Crippen molar-refractivity contribution in [3.63, 3.8) is 0 Å². The third kappa shape index (κ3) is 5.00. The molecule has 0 aromatic rings. The van der Waals surface area contributed by atoms with Gasteiger partial charge in [0.1, 0.15) is 5.25 Å². The fourth-order valence-electron chi connectivity index (χ4n) is 0.822. The molecule has 0 aliphatic heterocycles. The van der Waals surface area contributed by atoms with Crippen LogP contribution in [0.25, 0.3) is 0 Å². The first-order chi connectivity index (χ1) is 5.22. The molecule has 0 aliphatic rings. The lowest BCUT2D eigenvalue weighted by Crippen LogP contribution is -2.11. The summed E-state index contributed by atoms with van der Waals surface area (Å²) >= 11 is -1.84. The van der Waals surface area contributed by atoms with Gasteiger partial charge in [0.2, 0.25) is 0 Å². The second-order valence-corrected chi connectivity index (χ2v) is 3.55. The fourth-order valence-corrected chi connectivity index (χ4v) is 1.31. The van der Waals surface area contributed by atoms with Gasteiger partial charge >= 0.3 is 0 Å². The molecule has 2 nitrogen and oxygen atoms in total. The lowest BCUT2D eigenvalue weighted by molar-refractivity contribution is 0.548. The summed E-state index contributed by atoms with van der Waals surface area (Å²) in [6.07, 6.45) is 8.84. The van der Waals surface area contributed by atoms with Gasteiger partial charge in [0.25, 0.3) is 0 Å². The van der Waals surface area contributed by atoms with Gasteiger partial charge < -0.3 is 4.55 Å². The highest BCUT2D eigenvalue weighted by molar-refractivity contribution is 7.80. The highest BCUT2D eigenvalue weighted by Crippen LogP contribution is 2.06. The molecule has 0 aliphatic carbocycles. The first kappa shape index (κ1) is 10.7. The van der Waals surface area contributed by atoms with Crippen LogP contribution in [-0.2, 0) is 11.1 Å². The molecule has 0 bridgehead atoms. The van der Waals surface area contributed by atoms with Crippen LogP contribution in [0.15, 0.2) is 0 Å². The van der Waals surface area contributed by atoms with Crippen LogP contribution in [-0.4, -0.2) is 14.0 Å². The van der Waals surface area contributed by atoms with Crippen molar-refractivity contribution in [1.29, 1.82) is 0 Å². The average molecular weight is 174 g/mol. The first-order valence-electron chi connectivity index (χ1n) is 3.78. The molecule has 11 heavy (non-hydrogen) atoms. The summed E-state index contributed by atoms with van der Waals surface area (Å²) in [6, 6.07) is 0. The van der Waals surface area contributed by atoms with Gasteiger partial charge in [0.15, 0.2) is 11.1 Å². The van der Waals surface area contributed by atoms with Crippen LogP contribution >= 0.6 is 0 Å². The minimum atomic E-state index is -1.84. The third-order valence-electron chi connectivity index (χ3n) is 1.50. The van der Waals surface area contributed by atoms with Crippen molar-refractivity contribution in [1.82, 2.24) is 0 Å². The Morgan fingerprint density at radius 1 is 1.64 bits per heavy atom. The maximum Gasteiger partial charge on any atom is 0.168 e. The van der Waals surface area contributed by atoms with E-state index in [1.807, 2.05) is 0 Å². The summed E-state index contributed by atoms with van der Waals surface area (Å²) in [4.78, 5) is 0. The molecule has 2 atom stereocenters. The predicted molar refractivity (Wildman–Crippen MR) is 47.5 cm³/mol. The van der Waals surface area contributed by atoms with Crippen LogP contribution < -0.4 is 0 Å². The molecule has 0 aromatic carbocycles. The third-order valence-corrected chi connectivity index (χ3v) is 2.36. The Kier molecular flexibility index (Phi) is 6.19. The Hall–Kier alpha value is -0.330. The van der Waals surface area contributed by atoms with E-state index in [0.717, 1.165) is 19.3 Å². The summed E-state index contributed by atoms with van der Waals surface area (Å²) in [5, 5.41) is -0.471. The molecule has 0 spiro atoms. The molecule has 0 aromatic heterocycles. The van der Waals surface area contributed by atoms with Crippen LogP contribution in [0, 0.1) is 12.3 Å². The molecule has 0 saturated heterocycles. The van der Waals surface area contributed by atoms with Crippen LogP contribution in [0.3, 0.4) is 0 Å². The zero-order chi connectivity index (χ0) is 8.69. The smallest absolute Gasteiger partial charge is 0.168 e. The van der Waals surface area contributed by atoms with E-state index in [1.54, 1.807) is 0 Å². The van der Waals surface area contributed by atoms with E-state index in [0.29, 0.717) is 6.42 Å². The van der Waals surface area contributed by atoms with Gasteiger partial charge in [-0.2, -0.15) is 0 Å². The first-order valence-corrected chi connectivity index (χ1v) is 4.95. The van der Waals surface area contributed by atoms with Crippen LogP contribution in [0.1, 0.15) is 32.6 Å². The van der Waals surface area contributed by atoms with E-state index in [2.05, 4.69) is 12.8 Å². The van der Waals surface area contributed by atoms with Crippen LogP contribution in [0.5, 0.6) is 0 Å². The van der Waals surface area contributed by atoms with Gasteiger partial charge in [-0.25, -0.2) is 4.21 Å². The maximum absolute atomic E-state index is 10.5. The number of unbranched alkanes of at least 4 members (excludes halogenated alkanes) is 2. The molecule has 0 heterocycles. The van der Waals surface area contributed by atoms with Crippen molar-refractivity contribution in [2.24, 2.45) is 0 Å². The second-order valence-electron chi connectivity index (χ2n) is 2.43. The summed E-state index contributed by atoms with van der Waals surface area (Å²) in [5.41, 5.74) is 0. The van der Waals surface area contributed by atoms with Crippen molar-refractivity contribution < 1.29 is 8.76 Å². The topological polar surface area (TPSA) is 37.3 Å². The Balaban J connectivity index is 3.55. The van der Waals surface area contributed by atoms with Crippen molar-refractivity contribution in [3.8, 4) is 12.3 Å². The minimum Gasteiger partial charge on any atom is -0.305 e. The van der Waals surface area contributed by atoms with E-state index in [4.69, 9.17) is 11.0 Å². The Bertz CT molecular complexity index is 160. The van der Waals surface area contributed by atoms with Crippen LogP contribution in [0.4, 0.5) is 0 Å². The monoisotopic (exact) mass is 174 g/mol. The molecular formula is C8H14O2S. The van der Waals surface area contributed by atoms with E-state index >= 15 is 0 Å². The van der Waals surface area contributed by atoms with Gasteiger partial charge in [-0.05, 0) is 6.42 Å². The Labute approximate surface area is 70.7 Å². The lowest BCUT2D eigenvalue weighted by atomic mass is 10.2. The molecule has 0 rings (SSSR count). The number of hydrogen-bond acceptors (Lipinski definition) is 1. The average Bonchev–Trinajstić information content (AvgIpc) is 1.97. The molecular weight excluding hydrogens is 160 g/mol. The van der Waals surface area contributed by atoms with Gasteiger partial charge in [-0.1, -0.05) is 32.1 Å². The Morgan fingerprint density at radius 3 is 2.64 bits per heavy atom. The number of hydrogen-bond donors (Lipinski definition) is 1. The van der Waals surface area contributed by atoms with E-state index in [1.165, 1.54) is 0 Å². The largest absolute Gasteiger partial charge is 0.305 e. The fraction of sp³-hybridized carbons (Fsp3) is 0.750.